The topological polar surface area (TPSA) is 78.5 Å². The molecular formula is C32H51N3O3. The predicted octanol–water partition coefficient (Wildman–Crippen LogP) is 7.78. The lowest BCUT2D eigenvalue weighted by Crippen LogP contribution is -2.42. The van der Waals surface area contributed by atoms with Gasteiger partial charge in [-0.15, -0.1) is 0 Å². The average Bonchev–Trinajstić information content (AvgIpc) is 2.83. The van der Waals surface area contributed by atoms with E-state index < -0.39 is 5.41 Å². The van der Waals surface area contributed by atoms with Gasteiger partial charge in [0.1, 0.15) is 0 Å². The number of nitrogens with one attached hydrogen (secondary N) is 2. The molecule has 0 aromatic heterocycles. The third-order valence-electron chi connectivity index (χ3n) is 8.43. The van der Waals surface area contributed by atoms with E-state index in [2.05, 4.69) is 31.4 Å². The Hall–Kier alpha value is -2.37. The van der Waals surface area contributed by atoms with E-state index in [-0.39, 0.29) is 41.0 Å². The van der Waals surface area contributed by atoms with Gasteiger partial charge in [-0.2, -0.15) is 0 Å². The quantitative estimate of drug-likeness (QED) is 0.398. The SMILES string of the molecule is CC(C)N(C(=O)C1CCCCC1)c1cc(NC(=O)C2CCC(C(C)(C)C)CC2)cc(NC(=O)C(C)(C)C)c1. The first kappa shape index (κ1) is 30.2. The molecule has 1 aromatic rings. The van der Waals surface area contributed by atoms with Crippen LogP contribution in [0.1, 0.15) is 113 Å². The van der Waals surface area contributed by atoms with Crippen LogP contribution >= 0.6 is 0 Å². The summed E-state index contributed by atoms with van der Waals surface area (Å²) in [4.78, 5) is 41.7. The van der Waals surface area contributed by atoms with Crippen LogP contribution < -0.4 is 15.5 Å². The average molecular weight is 526 g/mol. The van der Waals surface area contributed by atoms with Crippen LogP contribution in [0.5, 0.6) is 0 Å². The van der Waals surface area contributed by atoms with Crippen LogP contribution in [0.3, 0.4) is 0 Å². The van der Waals surface area contributed by atoms with Gasteiger partial charge in [-0.05, 0) is 81.9 Å². The largest absolute Gasteiger partial charge is 0.326 e. The number of anilines is 3. The van der Waals surface area contributed by atoms with Crippen molar-refractivity contribution >= 4 is 34.8 Å². The van der Waals surface area contributed by atoms with Crippen molar-refractivity contribution in [3.8, 4) is 0 Å². The van der Waals surface area contributed by atoms with Crippen molar-refractivity contribution in [2.24, 2.45) is 28.6 Å². The second-order valence-electron chi connectivity index (χ2n) is 14.0. The summed E-state index contributed by atoms with van der Waals surface area (Å²) in [6.07, 6.45) is 9.10. The minimum atomic E-state index is -0.569. The molecule has 2 aliphatic rings. The minimum absolute atomic E-state index is 0.0186. The highest BCUT2D eigenvalue weighted by molar-refractivity contribution is 6.01. The van der Waals surface area contributed by atoms with Crippen molar-refractivity contribution in [3.63, 3.8) is 0 Å². The normalized spacial score (nSPS) is 21.2. The van der Waals surface area contributed by atoms with E-state index in [1.54, 1.807) is 0 Å². The Bertz CT molecular complexity index is 988. The summed E-state index contributed by atoms with van der Waals surface area (Å²) in [5.41, 5.74) is 1.63. The zero-order valence-electron chi connectivity index (χ0n) is 25.1. The molecule has 0 heterocycles. The van der Waals surface area contributed by atoms with E-state index in [1.165, 1.54) is 6.42 Å². The monoisotopic (exact) mass is 525 g/mol. The molecule has 6 heteroatoms. The van der Waals surface area contributed by atoms with Crippen LogP contribution in [0.15, 0.2) is 18.2 Å². The van der Waals surface area contributed by atoms with Crippen LogP contribution in [-0.2, 0) is 14.4 Å². The lowest BCUT2D eigenvalue weighted by atomic mass is 9.69. The number of carbonyl (C=O) groups excluding carboxylic acids is 3. The Balaban J connectivity index is 1.87. The van der Waals surface area contributed by atoms with Crippen molar-refractivity contribution in [1.29, 1.82) is 0 Å². The van der Waals surface area contributed by atoms with Gasteiger partial charge in [-0.3, -0.25) is 14.4 Å². The minimum Gasteiger partial charge on any atom is -0.326 e. The fourth-order valence-corrected chi connectivity index (χ4v) is 5.91. The van der Waals surface area contributed by atoms with E-state index in [0.717, 1.165) is 51.4 Å². The molecule has 0 aliphatic heterocycles. The Morgan fingerprint density at radius 1 is 0.763 bits per heavy atom. The van der Waals surface area contributed by atoms with Crippen LogP contribution in [0.4, 0.5) is 17.1 Å². The standard InChI is InChI=1S/C32H51N3O3/c1-21(2)35(29(37)23-12-10-9-11-13-23)27-19-25(18-26(20-27)34-30(38)32(6,7)8)33-28(36)22-14-16-24(17-15-22)31(3,4)5/h18-24H,9-17H2,1-8H3,(H,33,36)(H,34,38). The zero-order valence-corrected chi connectivity index (χ0v) is 25.1. The number of carbonyl (C=O) groups is 3. The second-order valence-corrected chi connectivity index (χ2v) is 14.0. The van der Waals surface area contributed by atoms with E-state index in [4.69, 9.17) is 0 Å². The van der Waals surface area contributed by atoms with Gasteiger partial charge < -0.3 is 15.5 Å². The Kier molecular flexibility index (Phi) is 9.70. The first-order chi connectivity index (χ1) is 17.7. The van der Waals surface area contributed by atoms with E-state index >= 15 is 0 Å². The molecule has 2 N–H and O–H groups in total. The first-order valence-corrected chi connectivity index (χ1v) is 14.8. The molecule has 0 spiro atoms. The van der Waals surface area contributed by atoms with E-state index in [0.29, 0.717) is 23.0 Å². The maximum absolute atomic E-state index is 13.7. The van der Waals surface area contributed by atoms with Crippen LogP contribution in [0.2, 0.25) is 0 Å². The summed E-state index contributed by atoms with van der Waals surface area (Å²) < 4.78 is 0. The molecule has 1 aromatic carbocycles. The molecule has 3 rings (SSSR count). The van der Waals surface area contributed by atoms with Crippen molar-refractivity contribution in [2.45, 2.75) is 119 Å². The van der Waals surface area contributed by atoms with Crippen molar-refractivity contribution in [3.05, 3.63) is 18.2 Å². The summed E-state index contributed by atoms with van der Waals surface area (Å²) in [7, 11) is 0. The first-order valence-electron chi connectivity index (χ1n) is 14.8. The number of rotatable bonds is 6. The van der Waals surface area contributed by atoms with Crippen LogP contribution in [0.25, 0.3) is 0 Å². The van der Waals surface area contributed by atoms with Crippen molar-refractivity contribution in [2.75, 3.05) is 15.5 Å². The molecule has 0 atom stereocenters. The number of amides is 3. The van der Waals surface area contributed by atoms with Gasteiger partial charge >= 0.3 is 0 Å². The Morgan fingerprint density at radius 3 is 1.82 bits per heavy atom. The Labute approximate surface area is 230 Å². The predicted molar refractivity (Wildman–Crippen MR) is 157 cm³/mol. The summed E-state index contributed by atoms with van der Waals surface area (Å²) in [6, 6.07) is 5.53. The summed E-state index contributed by atoms with van der Waals surface area (Å²) in [5, 5.41) is 6.16. The van der Waals surface area contributed by atoms with Crippen molar-refractivity contribution < 1.29 is 14.4 Å². The maximum atomic E-state index is 13.7. The fraction of sp³-hybridized carbons (Fsp3) is 0.719. The maximum Gasteiger partial charge on any atom is 0.230 e. The molecule has 0 saturated heterocycles. The molecule has 3 amide bonds. The van der Waals surface area contributed by atoms with Crippen LogP contribution in [-0.4, -0.2) is 23.8 Å². The highest BCUT2D eigenvalue weighted by Crippen LogP contribution is 2.40. The van der Waals surface area contributed by atoms with Gasteiger partial charge in [0, 0.05) is 40.4 Å². The summed E-state index contributed by atoms with van der Waals surface area (Å²) in [6.45, 7) is 16.5. The smallest absolute Gasteiger partial charge is 0.230 e. The molecule has 38 heavy (non-hydrogen) atoms. The fourth-order valence-electron chi connectivity index (χ4n) is 5.91. The second kappa shape index (κ2) is 12.2. The number of nitrogens with zero attached hydrogens (tertiary/aromatic N) is 1. The highest BCUT2D eigenvalue weighted by atomic mass is 16.2. The lowest BCUT2D eigenvalue weighted by Gasteiger charge is -2.36. The van der Waals surface area contributed by atoms with Gasteiger partial charge in [0.2, 0.25) is 17.7 Å². The zero-order chi connectivity index (χ0) is 28.3. The molecule has 2 aliphatic carbocycles. The van der Waals surface area contributed by atoms with Gasteiger partial charge in [0.05, 0.1) is 0 Å². The molecule has 2 saturated carbocycles. The van der Waals surface area contributed by atoms with Gasteiger partial charge in [-0.25, -0.2) is 0 Å². The van der Waals surface area contributed by atoms with Gasteiger partial charge in [0.25, 0.3) is 0 Å². The summed E-state index contributed by atoms with van der Waals surface area (Å²) >= 11 is 0. The van der Waals surface area contributed by atoms with Gasteiger partial charge in [0.15, 0.2) is 0 Å². The van der Waals surface area contributed by atoms with Crippen molar-refractivity contribution in [1.82, 2.24) is 0 Å². The van der Waals surface area contributed by atoms with E-state index in [9.17, 15) is 14.4 Å². The Morgan fingerprint density at radius 2 is 1.32 bits per heavy atom. The van der Waals surface area contributed by atoms with E-state index in [1.807, 2.05) is 57.7 Å². The molecule has 0 unspecified atom stereocenters. The number of hydrogen-bond acceptors (Lipinski definition) is 3. The molecule has 212 valence electrons. The third-order valence-corrected chi connectivity index (χ3v) is 8.43. The molecule has 0 bridgehead atoms. The molecule has 2 fully saturated rings. The van der Waals surface area contributed by atoms with Crippen LogP contribution in [0, 0.1) is 28.6 Å². The molecule has 0 radical (unpaired) electrons. The number of hydrogen-bond donors (Lipinski definition) is 2. The van der Waals surface area contributed by atoms with Gasteiger partial charge in [-0.1, -0.05) is 60.8 Å². The number of benzene rings is 1. The lowest BCUT2D eigenvalue weighted by molar-refractivity contribution is -0.124. The molecular weight excluding hydrogens is 474 g/mol. The third kappa shape index (κ3) is 7.83. The molecule has 6 nitrogen and oxygen atoms in total. The summed E-state index contributed by atoms with van der Waals surface area (Å²) in [5.74, 6) is 0.695. The highest BCUT2D eigenvalue weighted by Gasteiger charge is 2.33.